The monoisotopic (exact) mass is 219 g/mol. The molecule has 1 nitrogen and oxygen atoms in total. The van der Waals surface area contributed by atoms with Crippen LogP contribution in [0.3, 0.4) is 0 Å². The topological polar surface area (TPSA) is 15.8 Å². The molecule has 1 N–H and O–H groups in total. The van der Waals surface area contributed by atoms with Gasteiger partial charge in [-0.3, -0.25) is 0 Å². The third-order valence-electron chi connectivity index (χ3n) is 1.83. The molecule has 0 aliphatic heterocycles. The van der Waals surface area contributed by atoms with Gasteiger partial charge in [0.05, 0.1) is 0 Å². The number of rotatable bonds is 2. The van der Waals surface area contributed by atoms with E-state index in [1.165, 1.54) is 15.4 Å². The van der Waals surface area contributed by atoms with Crippen LogP contribution in [0.15, 0.2) is 52.5 Å². The summed E-state index contributed by atoms with van der Waals surface area (Å²) in [4.78, 5) is 5.58. The van der Waals surface area contributed by atoms with Crippen molar-refractivity contribution >= 4 is 11.8 Å². The van der Waals surface area contributed by atoms with Crippen LogP contribution < -0.4 is 0 Å². The highest BCUT2D eigenvalue weighted by Gasteiger charge is 1.95. The maximum absolute atomic E-state index is 3.04. The summed E-state index contributed by atoms with van der Waals surface area (Å²) in [5, 5.41) is 0. The SMILES string of the molecule is CC.Cc1ccc(Sc2cc[nH]c2)cc1. The highest BCUT2D eigenvalue weighted by atomic mass is 32.2. The number of nitrogens with one attached hydrogen (secondary N) is 1. The molecule has 1 heterocycles. The van der Waals surface area contributed by atoms with E-state index in [2.05, 4.69) is 42.2 Å². The summed E-state index contributed by atoms with van der Waals surface area (Å²) in [6, 6.07) is 10.6. The number of H-pyrrole nitrogens is 1. The van der Waals surface area contributed by atoms with E-state index in [0.29, 0.717) is 0 Å². The third-order valence-corrected chi connectivity index (χ3v) is 2.82. The molecule has 0 aliphatic rings. The molecule has 80 valence electrons. The predicted molar refractivity (Wildman–Crippen MR) is 67.4 cm³/mol. The van der Waals surface area contributed by atoms with Crippen LogP contribution >= 0.6 is 11.8 Å². The van der Waals surface area contributed by atoms with Crippen molar-refractivity contribution in [1.82, 2.24) is 4.98 Å². The Labute approximate surface area is 95.9 Å². The van der Waals surface area contributed by atoms with Gasteiger partial charge in [0.1, 0.15) is 0 Å². The van der Waals surface area contributed by atoms with Crippen molar-refractivity contribution in [3.05, 3.63) is 48.3 Å². The predicted octanol–water partition coefficient (Wildman–Crippen LogP) is 4.50. The van der Waals surface area contributed by atoms with Gasteiger partial charge in [-0.1, -0.05) is 43.3 Å². The Bertz CT molecular complexity index is 362. The standard InChI is InChI=1S/C11H11NS.C2H6/c1-9-2-4-10(5-3-9)13-11-6-7-12-8-11;1-2/h2-8,12H,1H3;1-2H3. The number of benzene rings is 1. The summed E-state index contributed by atoms with van der Waals surface area (Å²) < 4.78 is 0. The molecule has 1 aromatic carbocycles. The molecule has 1 aromatic heterocycles. The molecule has 0 aliphatic carbocycles. The molecule has 2 aromatic rings. The van der Waals surface area contributed by atoms with E-state index in [0.717, 1.165) is 0 Å². The summed E-state index contributed by atoms with van der Waals surface area (Å²) in [7, 11) is 0. The lowest BCUT2D eigenvalue weighted by Crippen LogP contribution is -1.72. The van der Waals surface area contributed by atoms with E-state index in [-0.39, 0.29) is 0 Å². The van der Waals surface area contributed by atoms with Gasteiger partial charge in [0.2, 0.25) is 0 Å². The first-order chi connectivity index (χ1) is 7.34. The van der Waals surface area contributed by atoms with E-state index in [1.807, 2.05) is 26.2 Å². The Morgan fingerprint density at radius 2 is 1.60 bits per heavy atom. The van der Waals surface area contributed by atoms with Crippen molar-refractivity contribution in [2.45, 2.75) is 30.6 Å². The number of aryl methyl sites for hydroxylation is 1. The van der Waals surface area contributed by atoms with Gasteiger partial charge >= 0.3 is 0 Å². The maximum Gasteiger partial charge on any atom is 0.0296 e. The second kappa shape index (κ2) is 6.36. The highest BCUT2D eigenvalue weighted by Crippen LogP contribution is 2.26. The largest absolute Gasteiger partial charge is 0.367 e. The van der Waals surface area contributed by atoms with Crippen molar-refractivity contribution in [1.29, 1.82) is 0 Å². The molecule has 0 atom stereocenters. The molecular formula is C13H17NS. The average molecular weight is 219 g/mol. The summed E-state index contributed by atoms with van der Waals surface area (Å²) in [6.07, 6.45) is 3.95. The van der Waals surface area contributed by atoms with Crippen molar-refractivity contribution in [2.24, 2.45) is 0 Å². The van der Waals surface area contributed by atoms with Crippen molar-refractivity contribution in [2.75, 3.05) is 0 Å². The molecule has 0 unspecified atom stereocenters. The molecule has 0 bridgehead atoms. The second-order valence-corrected chi connectivity index (χ2v) is 4.11. The lowest BCUT2D eigenvalue weighted by Gasteiger charge is -1.98. The van der Waals surface area contributed by atoms with Crippen LogP contribution in [0, 0.1) is 6.92 Å². The fourth-order valence-corrected chi connectivity index (χ4v) is 1.92. The number of aromatic amines is 1. The highest BCUT2D eigenvalue weighted by molar-refractivity contribution is 7.99. The lowest BCUT2D eigenvalue weighted by atomic mass is 10.2. The van der Waals surface area contributed by atoms with Crippen LogP contribution in [0.2, 0.25) is 0 Å². The van der Waals surface area contributed by atoms with Gasteiger partial charge in [0, 0.05) is 22.2 Å². The minimum atomic E-state index is 1.25. The van der Waals surface area contributed by atoms with Gasteiger partial charge in [-0.05, 0) is 25.1 Å². The van der Waals surface area contributed by atoms with Crippen molar-refractivity contribution in [3.63, 3.8) is 0 Å². The number of hydrogen-bond donors (Lipinski definition) is 1. The third kappa shape index (κ3) is 3.84. The summed E-state index contributed by atoms with van der Waals surface area (Å²) in [5.41, 5.74) is 1.30. The Morgan fingerprint density at radius 1 is 0.933 bits per heavy atom. The fourth-order valence-electron chi connectivity index (χ4n) is 1.11. The van der Waals surface area contributed by atoms with Crippen LogP contribution in [0.25, 0.3) is 0 Å². The van der Waals surface area contributed by atoms with Gasteiger partial charge < -0.3 is 4.98 Å². The van der Waals surface area contributed by atoms with Gasteiger partial charge in [0.25, 0.3) is 0 Å². The zero-order valence-electron chi connectivity index (χ0n) is 9.45. The minimum absolute atomic E-state index is 1.25. The molecule has 0 radical (unpaired) electrons. The zero-order valence-corrected chi connectivity index (χ0v) is 10.3. The number of hydrogen-bond acceptors (Lipinski definition) is 1. The molecule has 0 amide bonds. The first-order valence-corrected chi connectivity index (χ1v) is 6.03. The minimum Gasteiger partial charge on any atom is -0.367 e. The second-order valence-electron chi connectivity index (χ2n) is 2.96. The lowest BCUT2D eigenvalue weighted by molar-refractivity contribution is 1.35. The summed E-state index contributed by atoms with van der Waals surface area (Å²) in [6.45, 7) is 6.10. The van der Waals surface area contributed by atoms with E-state index in [1.54, 1.807) is 11.8 Å². The van der Waals surface area contributed by atoms with Gasteiger partial charge in [-0.15, -0.1) is 0 Å². The molecule has 0 saturated carbocycles. The van der Waals surface area contributed by atoms with Gasteiger partial charge in [0.15, 0.2) is 0 Å². The van der Waals surface area contributed by atoms with Crippen LogP contribution in [-0.4, -0.2) is 4.98 Å². The quantitative estimate of drug-likeness (QED) is 0.786. The normalized spacial score (nSPS) is 9.27. The average Bonchev–Trinajstić information content (AvgIpc) is 2.77. The van der Waals surface area contributed by atoms with Crippen LogP contribution in [0.5, 0.6) is 0 Å². The Kier molecular flexibility index (Phi) is 5.05. The molecule has 2 rings (SSSR count). The molecular weight excluding hydrogens is 202 g/mol. The van der Waals surface area contributed by atoms with Gasteiger partial charge in [-0.25, -0.2) is 0 Å². The Balaban J connectivity index is 0.000000531. The van der Waals surface area contributed by atoms with E-state index in [9.17, 15) is 0 Å². The van der Waals surface area contributed by atoms with E-state index in [4.69, 9.17) is 0 Å². The van der Waals surface area contributed by atoms with Gasteiger partial charge in [-0.2, -0.15) is 0 Å². The first-order valence-electron chi connectivity index (χ1n) is 5.22. The molecule has 2 heteroatoms. The Hall–Kier alpha value is -1.15. The fraction of sp³-hybridized carbons (Fsp3) is 0.231. The molecule has 15 heavy (non-hydrogen) atoms. The number of aromatic nitrogens is 1. The summed E-state index contributed by atoms with van der Waals surface area (Å²) >= 11 is 1.77. The smallest absolute Gasteiger partial charge is 0.0296 e. The first kappa shape index (κ1) is 11.9. The molecule has 0 spiro atoms. The van der Waals surface area contributed by atoms with E-state index >= 15 is 0 Å². The van der Waals surface area contributed by atoms with Crippen LogP contribution in [0.1, 0.15) is 19.4 Å². The van der Waals surface area contributed by atoms with E-state index < -0.39 is 0 Å². The molecule has 0 fully saturated rings. The Morgan fingerprint density at radius 3 is 2.13 bits per heavy atom. The van der Waals surface area contributed by atoms with Crippen LogP contribution in [0.4, 0.5) is 0 Å². The summed E-state index contributed by atoms with van der Waals surface area (Å²) in [5.74, 6) is 0. The maximum atomic E-state index is 3.04. The van der Waals surface area contributed by atoms with Crippen LogP contribution in [-0.2, 0) is 0 Å². The van der Waals surface area contributed by atoms with Crippen molar-refractivity contribution in [3.8, 4) is 0 Å². The zero-order chi connectivity index (χ0) is 11.1. The van der Waals surface area contributed by atoms with Crippen molar-refractivity contribution < 1.29 is 0 Å². The molecule has 0 saturated heterocycles.